The number of hydrogen-bond donors (Lipinski definition) is 1. The van der Waals surface area contributed by atoms with Gasteiger partial charge in [0.05, 0.1) is 42.4 Å². The van der Waals surface area contributed by atoms with Crippen LogP contribution >= 0.6 is 0 Å². The van der Waals surface area contributed by atoms with Crippen molar-refractivity contribution in [1.29, 1.82) is 0 Å². The van der Waals surface area contributed by atoms with Crippen molar-refractivity contribution in [2.24, 2.45) is 0 Å². The molecule has 2 aliphatic rings. The van der Waals surface area contributed by atoms with Gasteiger partial charge in [0, 0.05) is 30.6 Å². The van der Waals surface area contributed by atoms with E-state index < -0.39 is 17.6 Å². The molecule has 3 heterocycles. The van der Waals surface area contributed by atoms with Gasteiger partial charge in [-0.05, 0) is 36.6 Å². The molecule has 0 aliphatic carbocycles. The highest BCUT2D eigenvalue weighted by Crippen LogP contribution is 2.30. The highest BCUT2D eigenvalue weighted by molar-refractivity contribution is 5.95. The number of nitrogens with zero attached hydrogens (tertiary/aromatic N) is 3. The molecule has 1 N–H and O–H groups in total. The van der Waals surface area contributed by atoms with Gasteiger partial charge >= 0.3 is 0 Å². The highest BCUT2D eigenvalue weighted by Gasteiger charge is 2.44. The number of hydrogen-bond acceptors (Lipinski definition) is 5. The molecule has 0 radical (unpaired) electrons. The Balaban J connectivity index is 1.20. The van der Waals surface area contributed by atoms with E-state index in [4.69, 9.17) is 4.74 Å². The van der Waals surface area contributed by atoms with Crippen LogP contribution in [0.5, 0.6) is 0 Å². The number of benzene rings is 2. The zero-order chi connectivity index (χ0) is 26.2. The Morgan fingerprint density at radius 1 is 1.11 bits per heavy atom. The maximum absolute atomic E-state index is 14.7. The van der Waals surface area contributed by atoms with Gasteiger partial charge in [-0.2, -0.15) is 5.10 Å². The van der Waals surface area contributed by atoms with E-state index in [0.29, 0.717) is 60.1 Å². The van der Waals surface area contributed by atoms with Gasteiger partial charge in [-0.1, -0.05) is 30.8 Å². The minimum absolute atomic E-state index is 0.0160. The fourth-order valence-corrected chi connectivity index (χ4v) is 4.78. The smallest absolute Gasteiger partial charge is 0.282 e. The predicted octanol–water partition coefficient (Wildman–Crippen LogP) is 3.74. The van der Waals surface area contributed by atoms with Crippen molar-refractivity contribution in [3.05, 3.63) is 87.7 Å². The van der Waals surface area contributed by atoms with E-state index in [1.165, 1.54) is 17.0 Å². The van der Waals surface area contributed by atoms with Gasteiger partial charge in [0.2, 0.25) is 0 Å². The number of fused-ring (bicyclic) bond motifs is 1. The van der Waals surface area contributed by atoms with Crippen LogP contribution < -0.4 is 5.56 Å². The fraction of sp³-hybridized carbons (Fsp3) is 0.370. The van der Waals surface area contributed by atoms with Crippen molar-refractivity contribution in [3.8, 4) is 0 Å². The first-order valence-corrected chi connectivity index (χ1v) is 12.2. The molecule has 37 heavy (non-hydrogen) atoms. The van der Waals surface area contributed by atoms with E-state index in [0.717, 1.165) is 0 Å². The van der Waals surface area contributed by atoms with Gasteiger partial charge in [0.1, 0.15) is 5.82 Å². The van der Waals surface area contributed by atoms with Crippen LogP contribution in [0.1, 0.15) is 34.5 Å². The Morgan fingerprint density at radius 3 is 2.51 bits per heavy atom. The maximum atomic E-state index is 14.7. The number of alkyl halides is 2. The molecule has 0 unspecified atom stereocenters. The zero-order valence-electron chi connectivity index (χ0n) is 20.2. The Kier molecular flexibility index (Phi) is 6.76. The van der Waals surface area contributed by atoms with Gasteiger partial charge in [-0.3, -0.25) is 9.59 Å². The van der Waals surface area contributed by atoms with E-state index >= 15 is 0 Å². The van der Waals surface area contributed by atoms with E-state index in [1.54, 1.807) is 23.1 Å². The van der Waals surface area contributed by atoms with Gasteiger partial charge in [0.25, 0.3) is 17.4 Å². The molecular weight excluding hydrogens is 485 g/mol. The van der Waals surface area contributed by atoms with Crippen LogP contribution in [-0.2, 0) is 11.2 Å². The van der Waals surface area contributed by atoms with Gasteiger partial charge in [0.15, 0.2) is 0 Å². The van der Waals surface area contributed by atoms with Crippen molar-refractivity contribution in [1.82, 2.24) is 20.0 Å². The number of nitrogens with one attached hydrogen (secondary N) is 1. The first-order chi connectivity index (χ1) is 17.7. The number of ether oxygens (including phenoxy) is 1. The van der Waals surface area contributed by atoms with E-state index in [2.05, 4.69) is 16.8 Å². The molecule has 0 atom stereocenters. The van der Waals surface area contributed by atoms with E-state index in [9.17, 15) is 22.8 Å². The summed E-state index contributed by atoms with van der Waals surface area (Å²) in [6.45, 7) is 4.11. The van der Waals surface area contributed by atoms with Crippen LogP contribution in [0.3, 0.4) is 0 Å². The Morgan fingerprint density at radius 2 is 1.81 bits per heavy atom. The summed E-state index contributed by atoms with van der Waals surface area (Å²) in [5.41, 5.74) is 1.54. The number of carbonyl (C=O) groups excluding carboxylic acids is 1. The molecule has 194 valence electrons. The lowest BCUT2D eigenvalue weighted by Crippen LogP contribution is -2.55. The van der Waals surface area contributed by atoms with E-state index in [-0.39, 0.29) is 36.9 Å². The molecule has 0 bridgehead atoms. The van der Waals surface area contributed by atoms with Crippen LogP contribution in [0.15, 0.2) is 59.5 Å². The second-order valence-corrected chi connectivity index (χ2v) is 9.62. The number of likely N-dealkylation sites (tertiary alicyclic amines) is 2. The summed E-state index contributed by atoms with van der Waals surface area (Å²) >= 11 is 0. The van der Waals surface area contributed by atoms with Crippen molar-refractivity contribution < 1.29 is 22.7 Å². The Hall–Kier alpha value is -3.66. The molecule has 1 aromatic heterocycles. The third kappa shape index (κ3) is 5.39. The normalized spacial score (nSPS) is 17.6. The Bertz CT molecular complexity index is 1390. The lowest BCUT2D eigenvalue weighted by Gasteiger charge is -2.41. The number of aromatic nitrogens is 2. The maximum Gasteiger partial charge on any atom is 0.282 e. The standard InChI is InChI=1S/C27H27F3N4O3/c1-17(34-15-27(29,30)16-34)14-37-19-8-10-33(11-9-19)26(36)22-12-18(6-7-23(22)28)13-24-20-4-2-3-5-21(20)25(35)32-31-24/h2-7,12,19H,1,8-11,13-16H2,(H,32,35). The molecule has 2 aliphatic heterocycles. The first-order valence-electron chi connectivity index (χ1n) is 12.2. The van der Waals surface area contributed by atoms with Crippen LogP contribution in [0, 0.1) is 5.82 Å². The zero-order valence-corrected chi connectivity index (χ0v) is 20.2. The molecule has 5 rings (SSSR count). The quantitative estimate of drug-likeness (QED) is 0.522. The summed E-state index contributed by atoms with van der Waals surface area (Å²) in [5, 5.41) is 7.88. The second-order valence-electron chi connectivity index (χ2n) is 9.62. The Labute approximate surface area is 211 Å². The average molecular weight is 513 g/mol. The largest absolute Gasteiger partial charge is 0.372 e. The van der Waals surface area contributed by atoms with Gasteiger partial charge in [-0.15, -0.1) is 0 Å². The molecule has 2 aromatic carbocycles. The summed E-state index contributed by atoms with van der Waals surface area (Å²) < 4.78 is 46.6. The van der Waals surface area contributed by atoms with E-state index in [1.807, 2.05) is 12.1 Å². The third-order valence-corrected chi connectivity index (χ3v) is 6.91. The summed E-state index contributed by atoms with van der Waals surface area (Å²) in [7, 11) is 0. The summed E-state index contributed by atoms with van der Waals surface area (Å²) in [6, 6.07) is 11.5. The first kappa shape index (κ1) is 25.0. The molecule has 1 amide bonds. The summed E-state index contributed by atoms with van der Waals surface area (Å²) in [6.07, 6.45) is 1.31. The van der Waals surface area contributed by atoms with Crippen LogP contribution in [0.25, 0.3) is 10.8 Å². The van der Waals surface area contributed by atoms with Crippen molar-refractivity contribution in [3.63, 3.8) is 0 Å². The number of amides is 1. The SMILES string of the molecule is C=C(COC1CCN(C(=O)c2cc(Cc3n[nH]c(=O)c4ccccc34)ccc2F)CC1)N1CC(F)(F)C1. The predicted molar refractivity (Wildman–Crippen MR) is 132 cm³/mol. The average Bonchev–Trinajstić information content (AvgIpc) is 2.88. The summed E-state index contributed by atoms with van der Waals surface area (Å²) in [4.78, 5) is 28.3. The number of halogens is 3. The molecule has 0 spiro atoms. The molecule has 0 saturated carbocycles. The van der Waals surface area contributed by atoms with Crippen LogP contribution in [-0.4, -0.2) is 70.7 Å². The van der Waals surface area contributed by atoms with Crippen molar-refractivity contribution >= 4 is 16.7 Å². The number of rotatable bonds is 7. The molecule has 3 aromatic rings. The fourth-order valence-electron chi connectivity index (χ4n) is 4.78. The summed E-state index contributed by atoms with van der Waals surface area (Å²) in [5.74, 6) is -3.66. The monoisotopic (exact) mass is 512 g/mol. The molecular formula is C27H27F3N4O3. The topological polar surface area (TPSA) is 78.5 Å². The number of H-pyrrole nitrogens is 1. The highest BCUT2D eigenvalue weighted by atomic mass is 19.3. The molecule has 10 heteroatoms. The lowest BCUT2D eigenvalue weighted by atomic mass is 10.0. The third-order valence-electron chi connectivity index (χ3n) is 6.91. The van der Waals surface area contributed by atoms with Gasteiger partial charge < -0.3 is 14.5 Å². The number of aromatic amines is 1. The number of piperidine rings is 1. The molecule has 2 fully saturated rings. The minimum Gasteiger partial charge on any atom is -0.372 e. The van der Waals surface area contributed by atoms with Crippen molar-refractivity contribution in [2.45, 2.75) is 31.3 Å². The minimum atomic E-state index is -2.66. The van der Waals surface area contributed by atoms with Crippen molar-refractivity contribution in [2.75, 3.05) is 32.8 Å². The number of carbonyl (C=O) groups is 1. The van der Waals surface area contributed by atoms with Crippen LogP contribution in [0.4, 0.5) is 13.2 Å². The second kappa shape index (κ2) is 10.0. The van der Waals surface area contributed by atoms with Crippen LogP contribution in [0.2, 0.25) is 0 Å². The molecule has 7 nitrogen and oxygen atoms in total. The molecule has 2 saturated heterocycles. The van der Waals surface area contributed by atoms with Gasteiger partial charge in [-0.25, -0.2) is 18.3 Å². The lowest BCUT2D eigenvalue weighted by molar-refractivity contribution is -0.121.